The Morgan fingerprint density at radius 2 is 2.05 bits per heavy atom. The Labute approximate surface area is 137 Å². The van der Waals surface area contributed by atoms with Crippen molar-refractivity contribution in [1.29, 1.82) is 0 Å². The summed E-state index contributed by atoms with van der Waals surface area (Å²) in [5.41, 5.74) is 2.67. The molecular weight excluding hydrogens is 354 g/mol. The van der Waals surface area contributed by atoms with Gasteiger partial charge in [0, 0.05) is 19.9 Å². The van der Waals surface area contributed by atoms with E-state index >= 15 is 0 Å². The third kappa shape index (κ3) is 3.05. The summed E-state index contributed by atoms with van der Waals surface area (Å²) in [5, 5.41) is 4.30. The van der Waals surface area contributed by atoms with Gasteiger partial charge in [0.2, 0.25) is 0 Å². The van der Waals surface area contributed by atoms with Crippen molar-refractivity contribution in [3.05, 3.63) is 49.1 Å². The van der Waals surface area contributed by atoms with Crippen LogP contribution in [0.3, 0.4) is 0 Å². The number of nitrogens with one attached hydrogen (secondary N) is 1. The summed E-state index contributed by atoms with van der Waals surface area (Å²) in [4.78, 5) is 3.03. The lowest BCUT2D eigenvalue weighted by atomic mass is 9.99. The van der Waals surface area contributed by atoms with Crippen molar-refractivity contribution in [3.63, 3.8) is 0 Å². The molecule has 0 saturated carbocycles. The maximum absolute atomic E-state index is 6.03. The van der Waals surface area contributed by atoms with Gasteiger partial charge < -0.3 is 5.32 Å². The van der Waals surface area contributed by atoms with Crippen molar-refractivity contribution >= 4 is 44.6 Å². The minimum atomic E-state index is 0.332. The van der Waals surface area contributed by atoms with E-state index in [9.17, 15) is 0 Å². The maximum Gasteiger partial charge on any atom is 0.0578 e. The van der Waals surface area contributed by atoms with E-state index in [0.717, 1.165) is 15.2 Å². The molecule has 1 aromatic carbocycles. The SMILES string of the molecule is CC(Nc1ccc(Cl)c(Br)c1)c1cc2c(s1)CCCC2. The monoisotopic (exact) mass is 369 g/mol. The second-order valence-electron chi connectivity index (χ2n) is 5.30. The highest BCUT2D eigenvalue weighted by atomic mass is 79.9. The number of fused-ring (bicyclic) bond motifs is 1. The Morgan fingerprint density at radius 1 is 1.25 bits per heavy atom. The fourth-order valence-corrected chi connectivity index (χ4v) is 4.39. The third-order valence-electron chi connectivity index (χ3n) is 3.75. The van der Waals surface area contributed by atoms with Gasteiger partial charge in [0.1, 0.15) is 0 Å². The van der Waals surface area contributed by atoms with E-state index in [1.54, 1.807) is 10.4 Å². The van der Waals surface area contributed by atoms with Crippen LogP contribution in [0, 0.1) is 0 Å². The lowest BCUT2D eigenvalue weighted by Gasteiger charge is -2.14. The molecular formula is C16H17BrClNS. The predicted octanol–water partition coefficient (Wildman–Crippen LogP) is 6.22. The van der Waals surface area contributed by atoms with Gasteiger partial charge >= 0.3 is 0 Å². The van der Waals surface area contributed by atoms with Crippen molar-refractivity contribution in [1.82, 2.24) is 0 Å². The second kappa shape index (κ2) is 6.08. The molecule has 0 amide bonds. The zero-order valence-corrected chi connectivity index (χ0v) is 14.5. The van der Waals surface area contributed by atoms with Gasteiger partial charge in [-0.25, -0.2) is 0 Å². The van der Waals surface area contributed by atoms with Gasteiger partial charge in [-0.3, -0.25) is 0 Å². The standard InChI is InChI=1S/C16H17BrClNS/c1-10(19-12-6-7-14(18)13(17)9-12)16-8-11-4-2-3-5-15(11)20-16/h6-10,19H,2-5H2,1H3. The Hall–Kier alpha value is -0.510. The highest BCUT2D eigenvalue weighted by Gasteiger charge is 2.16. The quantitative estimate of drug-likeness (QED) is 0.676. The first kappa shape index (κ1) is 14.4. The molecule has 0 radical (unpaired) electrons. The van der Waals surface area contributed by atoms with E-state index in [1.165, 1.54) is 30.6 Å². The molecule has 2 aromatic rings. The molecule has 106 valence electrons. The lowest BCUT2D eigenvalue weighted by molar-refractivity contribution is 0.696. The van der Waals surface area contributed by atoms with Crippen LogP contribution in [0.25, 0.3) is 0 Å². The lowest BCUT2D eigenvalue weighted by Crippen LogP contribution is -2.04. The zero-order chi connectivity index (χ0) is 14.1. The molecule has 0 saturated heterocycles. The molecule has 0 fully saturated rings. The number of aryl methyl sites for hydroxylation is 2. The molecule has 1 atom stereocenters. The van der Waals surface area contributed by atoms with Gasteiger partial charge in [-0.1, -0.05) is 11.6 Å². The molecule has 4 heteroatoms. The molecule has 0 spiro atoms. The molecule has 3 rings (SSSR count). The first-order valence-electron chi connectivity index (χ1n) is 6.96. The van der Waals surface area contributed by atoms with Crippen LogP contribution in [0.15, 0.2) is 28.7 Å². The van der Waals surface area contributed by atoms with Crippen LogP contribution in [0.1, 0.15) is 41.1 Å². The van der Waals surface area contributed by atoms with Crippen LogP contribution in [0.2, 0.25) is 5.02 Å². The second-order valence-corrected chi connectivity index (χ2v) is 7.73. The van der Waals surface area contributed by atoms with Crippen LogP contribution >= 0.6 is 38.9 Å². The van der Waals surface area contributed by atoms with Gasteiger partial charge in [-0.15, -0.1) is 11.3 Å². The number of hydrogen-bond donors (Lipinski definition) is 1. The Bertz CT molecular complexity index is 599. The fraction of sp³-hybridized carbons (Fsp3) is 0.375. The van der Waals surface area contributed by atoms with Crippen molar-refractivity contribution in [2.45, 2.75) is 38.6 Å². The predicted molar refractivity (Wildman–Crippen MR) is 92.2 cm³/mol. The van der Waals surface area contributed by atoms with Crippen LogP contribution in [-0.2, 0) is 12.8 Å². The van der Waals surface area contributed by atoms with Crippen LogP contribution in [-0.4, -0.2) is 0 Å². The number of thiophene rings is 1. The zero-order valence-electron chi connectivity index (χ0n) is 11.4. The van der Waals surface area contributed by atoms with E-state index in [1.807, 2.05) is 29.5 Å². The van der Waals surface area contributed by atoms with E-state index < -0.39 is 0 Å². The molecule has 1 aliphatic carbocycles. The first-order valence-corrected chi connectivity index (χ1v) is 8.95. The molecule has 20 heavy (non-hydrogen) atoms. The molecule has 1 aromatic heterocycles. The van der Waals surface area contributed by atoms with Crippen LogP contribution in [0.5, 0.6) is 0 Å². The van der Waals surface area contributed by atoms with Gasteiger partial charge in [0.05, 0.1) is 11.1 Å². The van der Waals surface area contributed by atoms with Gasteiger partial charge in [-0.05, 0) is 78.4 Å². The maximum atomic E-state index is 6.03. The topological polar surface area (TPSA) is 12.0 Å². The summed E-state index contributed by atoms with van der Waals surface area (Å²) in [7, 11) is 0. The van der Waals surface area contributed by atoms with Crippen molar-refractivity contribution < 1.29 is 0 Å². The average molecular weight is 371 g/mol. The number of anilines is 1. The van der Waals surface area contributed by atoms with E-state index in [-0.39, 0.29) is 0 Å². The van der Waals surface area contributed by atoms with Crippen molar-refractivity contribution in [2.75, 3.05) is 5.32 Å². The summed E-state index contributed by atoms with van der Waals surface area (Å²) in [6.45, 7) is 2.22. The van der Waals surface area contributed by atoms with Gasteiger partial charge in [0.15, 0.2) is 0 Å². The Morgan fingerprint density at radius 3 is 2.80 bits per heavy atom. The Balaban J connectivity index is 1.76. The minimum Gasteiger partial charge on any atom is -0.378 e. The Kier molecular flexibility index (Phi) is 4.39. The fourth-order valence-electron chi connectivity index (χ4n) is 2.63. The van der Waals surface area contributed by atoms with Crippen LogP contribution < -0.4 is 5.32 Å². The molecule has 0 bridgehead atoms. The van der Waals surface area contributed by atoms with E-state index in [4.69, 9.17) is 11.6 Å². The smallest absolute Gasteiger partial charge is 0.0578 e. The first-order chi connectivity index (χ1) is 9.63. The summed E-state index contributed by atoms with van der Waals surface area (Å²) < 4.78 is 0.932. The molecule has 1 heterocycles. The van der Waals surface area contributed by atoms with E-state index in [0.29, 0.717) is 6.04 Å². The number of halogens is 2. The van der Waals surface area contributed by atoms with Crippen molar-refractivity contribution in [3.8, 4) is 0 Å². The summed E-state index contributed by atoms with van der Waals surface area (Å²) in [5.74, 6) is 0. The van der Waals surface area contributed by atoms with Gasteiger partial charge in [-0.2, -0.15) is 0 Å². The number of rotatable bonds is 3. The molecule has 1 N–H and O–H groups in total. The molecule has 1 aliphatic rings. The summed E-state index contributed by atoms with van der Waals surface area (Å²) in [6.07, 6.45) is 5.21. The van der Waals surface area contributed by atoms with Gasteiger partial charge in [0.25, 0.3) is 0 Å². The average Bonchev–Trinajstić information content (AvgIpc) is 2.87. The minimum absolute atomic E-state index is 0.332. The molecule has 0 aliphatic heterocycles. The van der Waals surface area contributed by atoms with Crippen molar-refractivity contribution in [2.24, 2.45) is 0 Å². The highest BCUT2D eigenvalue weighted by molar-refractivity contribution is 9.10. The van der Waals surface area contributed by atoms with E-state index in [2.05, 4.69) is 34.2 Å². The summed E-state index contributed by atoms with van der Waals surface area (Å²) >= 11 is 11.5. The highest BCUT2D eigenvalue weighted by Crippen LogP contribution is 2.34. The number of benzene rings is 1. The van der Waals surface area contributed by atoms with Crippen LogP contribution in [0.4, 0.5) is 5.69 Å². The number of hydrogen-bond acceptors (Lipinski definition) is 2. The largest absolute Gasteiger partial charge is 0.378 e. The molecule has 1 unspecified atom stereocenters. The molecule has 1 nitrogen and oxygen atoms in total. The third-order valence-corrected chi connectivity index (χ3v) is 6.38. The normalized spacial score (nSPS) is 15.8. The summed E-state index contributed by atoms with van der Waals surface area (Å²) in [6, 6.07) is 8.70.